The van der Waals surface area contributed by atoms with Crippen molar-refractivity contribution in [1.29, 1.82) is 0 Å². The minimum atomic E-state index is -0.595. The first-order valence-corrected chi connectivity index (χ1v) is 13.1. The molecule has 0 bridgehead atoms. The first kappa shape index (κ1) is 27.3. The van der Waals surface area contributed by atoms with E-state index in [2.05, 4.69) is 46.1 Å². The molecule has 2 aliphatic heterocycles. The number of Topliss-reactive ketones (excluding diaryl/α,β-unsaturated/α-hetero) is 1. The summed E-state index contributed by atoms with van der Waals surface area (Å²) in [6, 6.07) is 16.9. The van der Waals surface area contributed by atoms with E-state index in [0.717, 1.165) is 36.1 Å². The molecule has 1 fully saturated rings. The largest absolute Gasteiger partial charge is 0.463 e. The average Bonchev–Trinajstić information content (AvgIpc) is 3.42. The molecular formula is C30H37N5O3. The summed E-state index contributed by atoms with van der Waals surface area (Å²) < 4.78 is 5.64. The van der Waals surface area contributed by atoms with Crippen molar-refractivity contribution in [2.75, 3.05) is 30.3 Å². The van der Waals surface area contributed by atoms with E-state index in [1.54, 1.807) is 0 Å². The molecule has 1 aromatic heterocycles. The number of hydrogen-bond donors (Lipinski definition) is 1. The standard InChI is InChI=1S/C29H33N5O3.CH4/c1-2-3-16-37-29-31-26(30)24-17-25(35)28(36)34(27(24)32-29)19-21-8-12-23(13-9-21)22-10-6-20(7-11-22)18-33-14-4-5-15-33;/h6-13H,2-5,14-19H2,1H3,(H2,30,31,32);1H4. The van der Waals surface area contributed by atoms with Gasteiger partial charge < -0.3 is 10.5 Å². The number of benzene rings is 2. The number of likely N-dealkylation sites (tertiary alicyclic amines) is 1. The Morgan fingerprint density at radius 1 is 0.895 bits per heavy atom. The van der Waals surface area contributed by atoms with Gasteiger partial charge in [0.1, 0.15) is 11.6 Å². The number of ether oxygens (including phenoxy) is 1. The summed E-state index contributed by atoms with van der Waals surface area (Å²) in [6.07, 6.45) is 4.31. The van der Waals surface area contributed by atoms with Crippen LogP contribution in [0.2, 0.25) is 0 Å². The van der Waals surface area contributed by atoms with Crippen LogP contribution in [0.3, 0.4) is 0 Å². The molecule has 0 aliphatic carbocycles. The highest BCUT2D eigenvalue weighted by molar-refractivity contribution is 6.43. The zero-order valence-electron chi connectivity index (χ0n) is 21.3. The van der Waals surface area contributed by atoms with Crippen LogP contribution in [0.15, 0.2) is 48.5 Å². The van der Waals surface area contributed by atoms with Crippen molar-refractivity contribution in [3.8, 4) is 17.1 Å². The molecule has 2 aromatic carbocycles. The maximum absolute atomic E-state index is 12.9. The lowest BCUT2D eigenvalue weighted by molar-refractivity contribution is -0.136. The number of nitrogens with two attached hydrogens (primary N) is 1. The summed E-state index contributed by atoms with van der Waals surface area (Å²) in [4.78, 5) is 37.8. The molecule has 0 spiro atoms. The Kier molecular flexibility index (Phi) is 8.73. The van der Waals surface area contributed by atoms with Gasteiger partial charge in [-0.3, -0.25) is 19.4 Å². The molecule has 0 atom stereocenters. The van der Waals surface area contributed by atoms with Gasteiger partial charge in [0.05, 0.1) is 13.2 Å². The lowest BCUT2D eigenvalue weighted by atomic mass is 10.0. The predicted molar refractivity (Wildman–Crippen MR) is 150 cm³/mol. The topological polar surface area (TPSA) is 102 Å². The zero-order chi connectivity index (χ0) is 25.8. The summed E-state index contributed by atoms with van der Waals surface area (Å²) in [7, 11) is 0. The van der Waals surface area contributed by atoms with Gasteiger partial charge in [0.25, 0.3) is 5.91 Å². The van der Waals surface area contributed by atoms with Crippen LogP contribution in [0, 0.1) is 0 Å². The van der Waals surface area contributed by atoms with Crippen LogP contribution in [0.1, 0.15) is 56.7 Å². The maximum Gasteiger partial charge on any atom is 0.320 e. The first-order chi connectivity index (χ1) is 18.0. The van der Waals surface area contributed by atoms with Crippen LogP contribution >= 0.6 is 0 Å². The van der Waals surface area contributed by atoms with Gasteiger partial charge in [-0.15, -0.1) is 0 Å². The van der Waals surface area contributed by atoms with Gasteiger partial charge in [-0.1, -0.05) is 69.3 Å². The van der Waals surface area contributed by atoms with Crippen molar-refractivity contribution in [3.05, 3.63) is 65.2 Å². The third-order valence-corrected chi connectivity index (χ3v) is 6.99. The van der Waals surface area contributed by atoms with Crippen molar-refractivity contribution in [3.63, 3.8) is 0 Å². The molecule has 8 heteroatoms. The van der Waals surface area contributed by atoms with E-state index < -0.39 is 11.7 Å². The van der Waals surface area contributed by atoms with E-state index in [0.29, 0.717) is 18.0 Å². The van der Waals surface area contributed by atoms with Gasteiger partial charge in [0.2, 0.25) is 5.78 Å². The minimum Gasteiger partial charge on any atom is -0.463 e. The highest BCUT2D eigenvalue weighted by Crippen LogP contribution is 2.31. The lowest BCUT2D eigenvalue weighted by Crippen LogP contribution is -2.42. The van der Waals surface area contributed by atoms with E-state index >= 15 is 0 Å². The van der Waals surface area contributed by atoms with Crippen molar-refractivity contribution in [2.45, 2.75) is 59.5 Å². The molecule has 5 rings (SSSR count). The second-order valence-electron chi connectivity index (χ2n) is 9.76. The normalized spacial score (nSPS) is 15.3. The van der Waals surface area contributed by atoms with E-state index in [4.69, 9.17) is 10.5 Å². The van der Waals surface area contributed by atoms with Crippen molar-refractivity contribution in [2.24, 2.45) is 0 Å². The SMILES string of the molecule is C.CCCCOc1nc(N)c2c(n1)N(Cc1ccc(-c3ccc(CN4CCCC4)cc3)cc1)C(=O)C(=O)C2. The number of hydrogen-bond acceptors (Lipinski definition) is 7. The Hall–Kier alpha value is -3.78. The number of carbonyl (C=O) groups excluding carboxylic acids is 2. The lowest BCUT2D eigenvalue weighted by Gasteiger charge is -2.28. The van der Waals surface area contributed by atoms with Gasteiger partial charge in [-0.05, 0) is 54.6 Å². The number of anilines is 2. The molecule has 3 heterocycles. The molecule has 8 nitrogen and oxygen atoms in total. The number of aromatic nitrogens is 2. The van der Waals surface area contributed by atoms with Crippen LogP contribution in [0.4, 0.5) is 11.6 Å². The number of amides is 1. The summed E-state index contributed by atoms with van der Waals surface area (Å²) >= 11 is 0. The van der Waals surface area contributed by atoms with Crippen LogP contribution in [0.25, 0.3) is 11.1 Å². The Morgan fingerprint density at radius 2 is 1.50 bits per heavy atom. The fourth-order valence-electron chi connectivity index (χ4n) is 4.85. The molecule has 0 radical (unpaired) electrons. The molecule has 2 N–H and O–H groups in total. The minimum absolute atomic E-state index is 0. The quantitative estimate of drug-likeness (QED) is 0.323. The highest BCUT2D eigenvalue weighted by Gasteiger charge is 2.35. The molecule has 0 saturated carbocycles. The maximum atomic E-state index is 12.9. The van der Waals surface area contributed by atoms with Gasteiger partial charge in [-0.25, -0.2) is 0 Å². The highest BCUT2D eigenvalue weighted by atomic mass is 16.5. The number of rotatable bonds is 9. The van der Waals surface area contributed by atoms with E-state index in [9.17, 15) is 9.59 Å². The molecule has 200 valence electrons. The van der Waals surface area contributed by atoms with Gasteiger partial charge in [0.15, 0.2) is 0 Å². The van der Waals surface area contributed by atoms with Gasteiger partial charge in [0, 0.05) is 18.5 Å². The second-order valence-corrected chi connectivity index (χ2v) is 9.76. The Labute approximate surface area is 224 Å². The van der Waals surface area contributed by atoms with Crippen LogP contribution in [0.5, 0.6) is 6.01 Å². The predicted octanol–water partition coefficient (Wildman–Crippen LogP) is 4.80. The number of nitrogens with zero attached hydrogens (tertiary/aromatic N) is 4. The van der Waals surface area contributed by atoms with Crippen molar-refractivity contribution < 1.29 is 14.3 Å². The Bertz CT molecular complexity index is 1270. The second kappa shape index (κ2) is 12.2. The summed E-state index contributed by atoms with van der Waals surface area (Å²) in [5, 5.41) is 0. The first-order valence-electron chi connectivity index (χ1n) is 13.1. The number of unbranched alkanes of at least 4 members (excludes halogenated alkanes) is 1. The molecule has 2 aliphatic rings. The van der Waals surface area contributed by atoms with Gasteiger partial charge >= 0.3 is 6.01 Å². The van der Waals surface area contributed by atoms with Gasteiger partial charge in [-0.2, -0.15) is 9.97 Å². The van der Waals surface area contributed by atoms with E-state index in [1.165, 1.54) is 36.4 Å². The van der Waals surface area contributed by atoms with Crippen molar-refractivity contribution >= 4 is 23.3 Å². The molecule has 38 heavy (non-hydrogen) atoms. The zero-order valence-corrected chi connectivity index (χ0v) is 21.3. The number of ketones is 1. The Morgan fingerprint density at radius 3 is 2.11 bits per heavy atom. The fourth-order valence-corrected chi connectivity index (χ4v) is 4.85. The molecular weight excluding hydrogens is 478 g/mol. The third kappa shape index (κ3) is 6.02. The molecule has 0 unspecified atom stereocenters. The smallest absolute Gasteiger partial charge is 0.320 e. The Balaban J connectivity index is 0.00000336. The fraction of sp³-hybridized carbons (Fsp3) is 0.400. The molecule has 1 saturated heterocycles. The third-order valence-electron chi connectivity index (χ3n) is 6.99. The number of fused-ring (bicyclic) bond motifs is 1. The van der Waals surface area contributed by atoms with E-state index in [1.807, 2.05) is 24.3 Å². The number of carbonyl (C=O) groups is 2. The summed E-state index contributed by atoms with van der Waals surface area (Å²) in [5.74, 6) is -0.594. The average molecular weight is 516 g/mol. The van der Waals surface area contributed by atoms with Crippen LogP contribution < -0.4 is 15.4 Å². The van der Waals surface area contributed by atoms with Crippen molar-refractivity contribution in [1.82, 2.24) is 14.9 Å². The molecule has 3 aromatic rings. The molecule has 1 amide bonds. The van der Waals surface area contributed by atoms with Crippen LogP contribution in [-0.4, -0.2) is 46.3 Å². The van der Waals surface area contributed by atoms with E-state index in [-0.39, 0.29) is 32.2 Å². The van der Waals surface area contributed by atoms with Crippen LogP contribution in [-0.2, 0) is 29.1 Å². The summed E-state index contributed by atoms with van der Waals surface area (Å²) in [6.45, 7) is 6.10. The number of nitrogen functional groups attached to an aromatic ring is 1. The monoisotopic (exact) mass is 515 g/mol. The summed E-state index contributed by atoms with van der Waals surface area (Å²) in [5.41, 5.74) is 11.0.